The fourth-order valence-electron chi connectivity index (χ4n) is 1.96. The minimum absolute atomic E-state index is 0.0652. The van der Waals surface area contributed by atoms with Crippen molar-refractivity contribution in [3.05, 3.63) is 59.7 Å². The van der Waals surface area contributed by atoms with E-state index in [0.29, 0.717) is 5.75 Å². The van der Waals surface area contributed by atoms with Crippen molar-refractivity contribution in [2.45, 2.75) is 13.3 Å². The van der Waals surface area contributed by atoms with Crippen LogP contribution >= 0.6 is 0 Å². The molecule has 1 amide bonds. The van der Waals surface area contributed by atoms with Crippen molar-refractivity contribution in [3.63, 3.8) is 0 Å². The van der Waals surface area contributed by atoms with Gasteiger partial charge in [0, 0.05) is 0 Å². The molecule has 0 saturated carbocycles. The molecule has 5 nitrogen and oxygen atoms in total. The van der Waals surface area contributed by atoms with Gasteiger partial charge in [0.05, 0.1) is 24.3 Å². The Balaban J connectivity index is 1.87. The maximum Gasteiger partial charge on any atom is 0.337 e. The van der Waals surface area contributed by atoms with E-state index < -0.39 is 5.97 Å². The molecule has 0 heterocycles. The van der Waals surface area contributed by atoms with Crippen LogP contribution in [0.1, 0.15) is 22.3 Å². The number of aryl methyl sites for hydroxylation is 1. The fraction of sp³-hybridized carbons (Fsp3) is 0.176. The first-order valence-corrected chi connectivity index (χ1v) is 6.88. The second-order valence-corrected chi connectivity index (χ2v) is 4.81. The fourth-order valence-corrected chi connectivity index (χ4v) is 1.96. The molecule has 0 unspecified atom stereocenters. The molecule has 0 aliphatic carbocycles. The molecule has 5 heteroatoms. The van der Waals surface area contributed by atoms with E-state index in [0.717, 1.165) is 5.56 Å². The number of hydrogen-bond donors (Lipinski definition) is 2. The van der Waals surface area contributed by atoms with Crippen molar-refractivity contribution in [2.75, 3.05) is 11.9 Å². The zero-order valence-corrected chi connectivity index (χ0v) is 12.2. The zero-order chi connectivity index (χ0) is 15.9. The molecule has 22 heavy (non-hydrogen) atoms. The van der Waals surface area contributed by atoms with Crippen molar-refractivity contribution in [1.82, 2.24) is 0 Å². The standard InChI is InChI=1S/C17H17NO4/c1-12-5-4-6-13(11-12)22-10-9-16(19)18-15-8-3-2-7-14(15)17(20)21/h2-8,11H,9-10H2,1H3,(H,18,19)(H,20,21). The lowest BCUT2D eigenvalue weighted by molar-refractivity contribution is -0.116. The quantitative estimate of drug-likeness (QED) is 0.859. The number of ether oxygens (including phenoxy) is 1. The second-order valence-electron chi connectivity index (χ2n) is 4.81. The van der Waals surface area contributed by atoms with Gasteiger partial charge in [-0.3, -0.25) is 4.79 Å². The van der Waals surface area contributed by atoms with Crippen LogP contribution in [0.5, 0.6) is 5.75 Å². The molecule has 114 valence electrons. The van der Waals surface area contributed by atoms with Gasteiger partial charge in [-0.15, -0.1) is 0 Å². The van der Waals surface area contributed by atoms with Crippen LogP contribution in [0.2, 0.25) is 0 Å². The molecule has 2 aromatic rings. The van der Waals surface area contributed by atoms with Gasteiger partial charge in [-0.05, 0) is 36.8 Å². The summed E-state index contributed by atoms with van der Waals surface area (Å²) >= 11 is 0. The molecule has 0 aliphatic rings. The molecule has 0 saturated heterocycles. The minimum Gasteiger partial charge on any atom is -0.493 e. The van der Waals surface area contributed by atoms with Crippen LogP contribution in [0.15, 0.2) is 48.5 Å². The first kappa shape index (κ1) is 15.6. The Bertz CT molecular complexity index is 682. The largest absolute Gasteiger partial charge is 0.493 e. The first-order chi connectivity index (χ1) is 10.6. The number of anilines is 1. The Labute approximate surface area is 128 Å². The van der Waals surface area contributed by atoms with E-state index >= 15 is 0 Å². The van der Waals surface area contributed by atoms with Gasteiger partial charge < -0.3 is 15.2 Å². The average Bonchev–Trinajstić information content (AvgIpc) is 2.47. The van der Waals surface area contributed by atoms with Crippen LogP contribution in [0.4, 0.5) is 5.69 Å². The van der Waals surface area contributed by atoms with E-state index in [-0.39, 0.29) is 30.2 Å². The summed E-state index contributed by atoms with van der Waals surface area (Å²) in [5.74, 6) is -0.660. The van der Waals surface area contributed by atoms with E-state index in [1.165, 1.54) is 6.07 Å². The Morgan fingerprint density at radius 1 is 1.14 bits per heavy atom. The van der Waals surface area contributed by atoms with Gasteiger partial charge in [0.2, 0.25) is 5.91 Å². The molecule has 0 radical (unpaired) electrons. The summed E-state index contributed by atoms with van der Waals surface area (Å²) in [6, 6.07) is 13.8. The molecular weight excluding hydrogens is 282 g/mol. The van der Waals surface area contributed by atoms with E-state index in [4.69, 9.17) is 9.84 Å². The number of benzene rings is 2. The van der Waals surface area contributed by atoms with Gasteiger partial charge in [0.1, 0.15) is 5.75 Å². The number of para-hydroxylation sites is 1. The number of carboxylic acid groups (broad SMARTS) is 1. The van der Waals surface area contributed by atoms with E-state index in [2.05, 4.69) is 5.32 Å². The van der Waals surface area contributed by atoms with E-state index in [1.807, 2.05) is 31.2 Å². The Hall–Kier alpha value is -2.82. The molecule has 0 aromatic heterocycles. The maximum absolute atomic E-state index is 11.9. The summed E-state index contributed by atoms with van der Waals surface area (Å²) in [7, 11) is 0. The molecule has 0 bridgehead atoms. The molecule has 0 atom stereocenters. The summed E-state index contributed by atoms with van der Waals surface area (Å²) < 4.78 is 5.50. The summed E-state index contributed by atoms with van der Waals surface area (Å²) in [5, 5.41) is 11.6. The second kappa shape index (κ2) is 7.26. The highest BCUT2D eigenvalue weighted by Gasteiger charge is 2.11. The van der Waals surface area contributed by atoms with Gasteiger partial charge in [-0.2, -0.15) is 0 Å². The summed E-state index contributed by atoms with van der Waals surface area (Å²) in [6.45, 7) is 2.19. The zero-order valence-electron chi connectivity index (χ0n) is 12.2. The van der Waals surface area contributed by atoms with Crippen LogP contribution in [0, 0.1) is 6.92 Å². The monoisotopic (exact) mass is 299 g/mol. The number of aromatic carboxylic acids is 1. The Kier molecular flexibility index (Phi) is 5.14. The number of hydrogen-bond acceptors (Lipinski definition) is 3. The van der Waals surface area contributed by atoms with Crippen molar-refractivity contribution in [2.24, 2.45) is 0 Å². The van der Waals surface area contributed by atoms with Crippen LogP contribution < -0.4 is 10.1 Å². The molecule has 2 aromatic carbocycles. The Morgan fingerprint density at radius 2 is 1.91 bits per heavy atom. The molecular formula is C17H17NO4. The Morgan fingerprint density at radius 3 is 2.64 bits per heavy atom. The highest BCUT2D eigenvalue weighted by molar-refractivity contribution is 6.00. The number of nitrogens with one attached hydrogen (secondary N) is 1. The van der Waals surface area contributed by atoms with Crippen LogP contribution in [0.25, 0.3) is 0 Å². The van der Waals surface area contributed by atoms with Gasteiger partial charge in [0.15, 0.2) is 0 Å². The van der Waals surface area contributed by atoms with Gasteiger partial charge >= 0.3 is 5.97 Å². The third-order valence-corrected chi connectivity index (χ3v) is 3.02. The lowest BCUT2D eigenvalue weighted by Crippen LogP contribution is -2.17. The molecule has 2 N–H and O–H groups in total. The van der Waals surface area contributed by atoms with Gasteiger partial charge in [-0.1, -0.05) is 24.3 Å². The third-order valence-electron chi connectivity index (χ3n) is 3.02. The van der Waals surface area contributed by atoms with Crippen LogP contribution in [0.3, 0.4) is 0 Å². The normalized spacial score (nSPS) is 10.0. The first-order valence-electron chi connectivity index (χ1n) is 6.88. The highest BCUT2D eigenvalue weighted by Crippen LogP contribution is 2.16. The molecule has 0 spiro atoms. The van der Waals surface area contributed by atoms with Crippen LogP contribution in [-0.4, -0.2) is 23.6 Å². The van der Waals surface area contributed by atoms with Crippen LogP contribution in [-0.2, 0) is 4.79 Å². The number of carbonyl (C=O) groups is 2. The third kappa shape index (κ3) is 4.34. The minimum atomic E-state index is -1.08. The number of carbonyl (C=O) groups excluding carboxylic acids is 1. The highest BCUT2D eigenvalue weighted by atomic mass is 16.5. The van der Waals surface area contributed by atoms with Crippen molar-refractivity contribution in [1.29, 1.82) is 0 Å². The molecule has 2 rings (SSSR count). The molecule has 0 aliphatic heterocycles. The number of amides is 1. The summed E-state index contributed by atoms with van der Waals surface area (Å²) in [6.07, 6.45) is 0.141. The lowest BCUT2D eigenvalue weighted by Gasteiger charge is -2.09. The smallest absolute Gasteiger partial charge is 0.337 e. The maximum atomic E-state index is 11.9. The number of carboxylic acids is 1. The van der Waals surface area contributed by atoms with Crippen molar-refractivity contribution < 1.29 is 19.4 Å². The summed E-state index contributed by atoms with van der Waals surface area (Å²) in [4.78, 5) is 22.9. The SMILES string of the molecule is Cc1cccc(OCCC(=O)Nc2ccccc2C(=O)O)c1. The number of rotatable bonds is 6. The predicted molar refractivity (Wildman–Crippen MR) is 83.3 cm³/mol. The van der Waals surface area contributed by atoms with E-state index in [9.17, 15) is 9.59 Å². The van der Waals surface area contributed by atoms with Gasteiger partial charge in [-0.25, -0.2) is 4.79 Å². The lowest BCUT2D eigenvalue weighted by atomic mass is 10.2. The van der Waals surface area contributed by atoms with Gasteiger partial charge in [0.25, 0.3) is 0 Å². The predicted octanol–water partition coefficient (Wildman–Crippen LogP) is 3.10. The van der Waals surface area contributed by atoms with E-state index in [1.54, 1.807) is 18.2 Å². The average molecular weight is 299 g/mol. The topological polar surface area (TPSA) is 75.6 Å². The summed E-state index contributed by atoms with van der Waals surface area (Å²) in [5.41, 5.74) is 1.43. The van der Waals surface area contributed by atoms with Crippen molar-refractivity contribution in [3.8, 4) is 5.75 Å². The molecule has 0 fully saturated rings. The van der Waals surface area contributed by atoms with Crippen molar-refractivity contribution >= 4 is 17.6 Å².